The van der Waals surface area contributed by atoms with Crippen LogP contribution < -0.4 is 5.32 Å². The molecule has 1 amide bonds. The van der Waals surface area contributed by atoms with Crippen molar-refractivity contribution in [2.24, 2.45) is 5.92 Å². The fourth-order valence-corrected chi connectivity index (χ4v) is 5.33. The Morgan fingerprint density at radius 2 is 1.69 bits per heavy atom. The predicted molar refractivity (Wildman–Crippen MR) is 142 cm³/mol. The van der Waals surface area contributed by atoms with Gasteiger partial charge in [0.2, 0.25) is 11.7 Å². The van der Waals surface area contributed by atoms with Gasteiger partial charge in [0, 0.05) is 29.9 Å². The van der Waals surface area contributed by atoms with E-state index in [1.807, 2.05) is 60.7 Å². The van der Waals surface area contributed by atoms with Crippen molar-refractivity contribution < 1.29 is 18.7 Å². The quantitative estimate of drug-likeness (QED) is 0.299. The van der Waals surface area contributed by atoms with Gasteiger partial charge >= 0.3 is 0 Å². The van der Waals surface area contributed by atoms with Gasteiger partial charge in [-0.3, -0.25) is 14.5 Å². The average Bonchev–Trinajstić information content (AvgIpc) is 3.52. The Hall–Kier alpha value is -4.65. The summed E-state index contributed by atoms with van der Waals surface area (Å²) >= 11 is 0. The minimum Gasteiger partial charge on any atom is -0.379 e. The first-order valence-corrected chi connectivity index (χ1v) is 12.7. The average molecular weight is 522 g/mol. The highest BCUT2D eigenvalue weighted by Gasteiger charge is 2.43. The fourth-order valence-electron chi connectivity index (χ4n) is 5.33. The summed E-state index contributed by atoms with van der Waals surface area (Å²) in [7, 11) is 0. The number of carbonyl (C=O) groups excluding carboxylic acids is 2. The van der Waals surface area contributed by atoms with E-state index < -0.39 is 23.4 Å². The number of benzene rings is 3. The zero-order valence-electron chi connectivity index (χ0n) is 20.9. The molecule has 1 saturated heterocycles. The Kier molecular flexibility index (Phi) is 6.49. The highest BCUT2D eigenvalue weighted by Crippen LogP contribution is 2.49. The number of ketones is 1. The molecule has 2 atom stereocenters. The second-order valence-corrected chi connectivity index (χ2v) is 9.42. The van der Waals surface area contributed by atoms with Crippen LogP contribution in [0.5, 0.6) is 0 Å². The number of nitrogens with one attached hydrogen (secondary N) is 1. The van der Waals surface area contributed by atoms with Crippen molar-refractivity contribution in [2.45, 2.75) is 6.04 Å². The highest BCUT2D eigenvalue weighted by atomic mass is 19.1. The van der Waals surface area contributed by atoms with Crippen LogP contribution >= 0.6 is 0 Å². The zero-order chi connectivity index (χ0) is 26.9. The molecule has 2 unspecified atom stereocenters. The van der Waals surface area contributed by atoms with Crippen LogP contribution in [0.2, 0.25) is 0 Å². The molecular weight excluding hydrogens is 497 g/mol. The third kappa shape index (κ3) is 4.40. The molecular formula is C30H24FN5O3. The molecule has 2 heterocycles. The van der Waals surface area contributed by atoms with E-state index in [9.17, 15) is 19.2 Å². The summed E-state index contributed by atoms with van der Waals surface area (Å²) in [5.74, 6) is -3.59. The maximum Gasteiger partial charge on any atom is 0.249 e. The Bertz CT molecular complexity index is 1590. The molecule has 1 aliphatic heterocycles. The van der Waals surface area contributed by atoms with Crippen molar-refractivity contribution in [1.29, 1.82) is 5.26 Å². The van der Waals surface area contributed by atoms with Crippen LogP contribution in [-0.4, -0.2) is 52.7 Å². The smallest absolute Gasteiger partial charge is 0.249 e. The maximum absolute atomic E-state index is 14.0. The normalized spacial score (nSPS) is 17.1. The molecule has 6 rings (SSSR count). The van der Waals surface area contributed by atoms with E-state index >= 15 is 0 Å². The lowest BCUT2D eigenvalue weighted by Gasteiger charge is -2.33. The van der Waals surface area contributed by atoms with Gasteiger partial charge in [0.15, 0.2) is 5.92 Å². The van der Waals surface area contributed by atoms with E-state index in [0.717, 1.165) is 22.5 Å². The molecule has 1 fully saturated rings. The van der Waals surface area contributed by atoms with Crippen molar-refractivity contribution >= 4 is 17.4 Å². The molecule has 8 nitrogen and oxygen atoms in total. The number of para-hydroxylation sites is 1. The maximum atomic E-state index is 14.0. The van der Waals surface area contributed by atoms with E-state index in [-0.39, 0.29) is 17.4 Å². The zero-order valence-corrected chi connectivity index (χ0v) is 20.9. The lowest BCUT2D eigenvalue weighted by molar-refractivity contribution is -0.117. The number of fused-ring (bicyclic) bond motifs is 3. The lowest BCUT2D eigenvalue weighted by atomic mass is 9.95. The van der Waals surface area contributed by atoms with Crippen molar-refractivity contribution in [1.82, 2.24) is 14.7 Å². The second kappa shape index (κ2) is 10.3. The molecule has 0 radical (unpaired) electrons. The first-order valence-electron chi connectivity index (χ1n) is 12.7. The third-order valence-electron chi connectivity index (χ3n) is 7.12. The fraction of sp³-hybridized carbons (Fsp3) is 0.200. The number of nitriles is 1. The number of morpholine rings is 1. The molecule has 4 aromatic rings. The lowest BCUT2D eigenvalue weighted by Crippen LogP contribution is -2.39. The number of anilines is 1. The van der Waals surface area contributed by atoms with Crippen LogP contribution in [0.1, 0.15) is 27.7 Å². The number of aromatic nitrogens is 2. The third-order valence-corrected chi connectivity index (χ3v) is 7.12. The molecule has 1 aromatic heterocycles. The largest absolute Gasteiger partial charge is 0.379 e. The molecule has 1 N–H and O–H groups in total. The van der Waals surface area contributed by atoms with E-state index in [1.165, 1.54) is 24.3 Å². The predicted octanol–water partition coefficient (Wildman–Crippen LogP) is 4.37. The van der Waals surface area contributed by atoms with E-state index in [1.54, 1.807) is 4.68 Å². The van der Waals surface area contributed by atoms with Crippen LogP contribution in [-0.2, 0) is 9.53 Å². The molecule has 2 aliphatic rings. The van der Waals surface area contributed by atoms with Crippen LogP contribution in [0.25, 0.3) is 16.9 Å². The first-order chi connectivity index (χ1) is 19.1. The number of halogens is 1. The molecule has 0 bridgehead atoms. The summed E-state index contributed by atoms with van der Waals surface area (Å²) in [6.07, 6.45) is 0. The number of carbonyl (C=O) groups is 2. The second-order valence-electron chi connectivity index (χ2n) is 9.42. The van der Waals surface area contributed by atoms with Gasteiger partial charge in [0.1, 0.15) is 11.5 Å². The molecule has 194 valence electrons. The molecule has 3 aromatic carbocycles. The topological polar surface area (TPSA) is 100 Å². The van der Waals surface area contributed by atoms with Crippen molar-refractivity contribution in [2.75, 3.05) is 31.6 Å². The summed E-state index contributed by atoms with van der Waals surface area (Å²) in [5.41, 5.74) is 4.57. The van der Waals surface area contributed by atoms with Crippen molar-refractivity contribution in [3.05, 3.63) is 102 Å². The Morgan fingerprint density at radius 1 is 1.00 bits per heavy atom. The van der Waals surface area contributed by atoms with Gasteiger partial charge in [-0.05, 0) is 42.0 Å². The Balaban J connectivity index is 1.47. The number of nitrogens with zero attached hydrogens (tertiary/aromatic N) is 4. The van der Waals surface area contributed by atoms with Gasteiger partial charge in [-0.2, -0.15) is 10.4 Å². The van der Waals surface area contributed by atoms with Gasteiger partial charge in [-0.15, -0.1) is 0 Å². The number of hydrogen-bond donors (Lipinski definition) is 1. The number of Topliss-reactive ketones (excluding diaryl/α,β-unsaturated/α-hetero) is 1. The van der Waals surface area contributed by atoms with Gasteiger partial charge in [0.25, 0.3) is 0 Å². The summed E-state index contributed by atoms with van der Waals surface area (Å²) in [4.78, 5) is 29.3. The minimum absolute atomic E-state index is 0.0855. The number of ether oxygens (including phenoxy) is 1. The summed E-state index contributed by atoms with van der Waals surface area (Å²) in [5, 5.41) is 17.3. The summed E-state index contributed by atoms with van der Waals surface area (Å²) < 4.78 is 20.6. The monoisotopic (exact) mass is 521 g/mol. The Morgan fingerprint density at radius 3 is 2.41 bits per heavy atom. The van der Waals surface area contributed by atoms with Crippen LogP contribution in [0.4, 0.5) is 10.1 Å². The van der Waals surface area contributed by atoms with E-state index in [2.05, 4.69) is 10.2 Å². The van der Waals surface area contributed by atoms with Crippen molar-refractivity contribution in [3.8, 4) is 23.0 Å². The summed E-state index contributed by atoms with van der Waals surface area (Å²) in [6.45, 7) is 2.45. The molecule has 0 spiro atoms. The minimum atomic E-state index is -1.65. The van der Waals surface area contributed by atoms with Gasteiger partial charge < -0.3 is 10.1 Å². The van der Waals surface area contributed by atoms with Crippen LogP contribution in [0.15, 0.2) is 78.9 Å². The van der Waals surface area contributed by atoms with Gasteiger partial charge in [0.05, 0.1) is 36.7 Å². The molecule has 9 heteroatoms. The number of amides is 1. The SMILES string of the molecule is N#CC(C(=O)Nc1ccc(F)cc1)C(=O)c1nn(-c2ccccc2)c2c1C(N1CCOCC1)c1ccccc1-2. The molecule has 0 saturated carbocycles. The molecule has 1 aliphatic carbocycles. The van der Waals surface area contributed by atoms with Gasteiger partial charge in [-0.25, -0.2) is 9.07 Å². The first kappa shape index (κ1) is 24.7. The Labute approximate surface area is 224 Å². The van der Waals surface area contributed by atoms with E-state index in [0.29, 0.717) is 31.9 Å². The van der Waals surface area contributed by atoms with Gasteiger partial charge in [-0.1, -0.05) is 42.5 Å². The number of rotatable bonds is 6. The molecule has 39 heavy (non-hydrogen) atoms. The highest BCUT2D eigenvalue weighted by molar-refractivity contribution is 6.16. The standard InChI is InChI=1S/C30H24FN5O3/c31-19-10-12-20(13-11-19)33-30(38)24(18-32)29(37)26-25-27(35-14-16-39-17-15-35)22-8-4-5-9-23(22)28(25)36(34-26)21-6-2-1-3-7-21/h1-13,24,27H,14-17H2,(H,33,38). The van der Waals surface area contributed by atoms with Crippen molar-refractivity contribution in [3.63, 3.8) is 0 Å². The van der Waals surface area contributed by atoms with Crippen LogP contribution in [0.3, 0.4) is 0 Å². The van der Waals surface area contributed by atoms with E-state index in [4.69, 9.17) is 9.84 Å². The van der Waals surface area contributed by atoms with Crippen LogP contribution in [0, 0.1) is 23.1 Å². The summed E-state index contributed by atoms with van der Waals surface area (Å²) in [6, 6.07) is 24.2. The number of hydrogen-bond acceptors (Lipinski definition) is 6.